The molecule has 5 aromatic rings. The molecule has 0 atom stereocenters. The number of aliphatic carboxylic acids is 1. The number of anilines is 1. The zero-order valence-electron chi connectivity index (χ0n) is 29.2. The fourth-order valence-corrected chi connectivity index (χ4v) is 9.82. The summed E-state index contributed by atoms with van der Waals surface area (Å²) in [7, 11) is 0. The molecule has 4 aliphatic carbocycles. The average molecular weight is 738 g/mol. The standard InChI is InChI=1S/C40H38F3N7O4/c41-40(42,43)35-31(36(51)48-39(37(52)53)25-17-23-16-24(19-25)20-26(39)18-23)4-5-33(47-35)32-22-50(27-6-12-44-13-7-27)34-21-29(2-3-30(32)34)54-28-8-14-49(15-9-28)38-45-10-1-11-46-38/h1-7,10-13,21-26,28H,8-9,14-20H2,(H,48,51)(H,52,53). The number of carbonyl (C=O) groups is 2. The number of carboxylic acids is 1. The number of benzene rings is 1. The highest BCUT2D eigenvalue weighted by molar-refractivity contribution is 6.01. The lowest BCUT2D eigenvalue weighted by Gasteiger charge is -2.59. The molecule has 1 aromatic carbocycles. The number of carboxylic acid groups (broad SMARTS) is 1. The molecule has 278 valence electrons. The summed E-state index contributed by atoms with van der Waals surface area (Å²) in [6, 6.07) is 13.4. The summed E-state index contributed by atoms with van der Waals surface area (Å²) in [4.78, 5) is 45.7. The molecule has 0 radical (unpaired) electrons. The topological polar surface area (TPSA) is 135 Å². The van der Waals surface area contributed by atoms with Gasteiger partial charge in [-0.15, -0.1) is 0 Å². The van der Waals surface area contributed by atoms with E-state index in [9.17, 15) is 27.9 Å². The number of pyridine rings is 2. The lowest BCUT2D eigenvalue weighted by atomic mass is 9.48. The van der Waals surface area contributed by atoms with Crippen LogP contribution in [0.4, 0.5) is 19.1 Å². The average Bonchev–Trinajstić information content (AvgIpc) is 3.55. The number of nitrogens with zero attached hydrogens (tertiary/aromatic N) is 6. The van der Waals surface area contributed by atoms with Crippen molar-refractivity contribution < 1.29 is 32.6 Å². The maximum Gasteiger partial charge on any atom is 0.434 e. The molecule has 5 heterocycles. The van der Waals surface area contributed by atoms with Crippen molar-refractivity contribution in [1.29, 1.82) is 0 Å². The fourth-order valence-electron chi connectivity index (χ4n) is 9.82. The van der Waals surface area contributed by atoms with Crippen LogP contribution in [0.15, 0.2) is 79.5 Å². The van der Waals surface area contributed by atoms with Crippen LogP contribution in [-0.2, 0) is 11.0 Å². The number of rotatable bonds is 8. The van der Waals surface area contributed by atoms with E-state index in [0.717, 1.165) is 44.1 Å². The highest BCUT2D eigenvalue weighted by Gasteiger charge is 2.62. The summed E-state index contributed by atoms with van der Waals surface area (Å²) >= 11 is 0. The second kappa shape index (κ2) is 13.1. The van der Waals surface area contributed by atoms with Crippen LogP contribution in [-0.4, -0.2) is 66.2 Å². The number of alkyl halides is 3. The molecule has 1 amide bonds. The lowest BCUT2D eigenvalue weighted by Crippen LogP contribution is -2.70. The summed E-state index contributed by atoms with van der Waals surface area (Å²) in [5.74, 6) is -0.791. The largest absolute Gasteiger partial charge is 0.490 e. The molecule has 5 aliphatic rings. The van der Waals surface area contributed by atoms with Gasteiger partial charge in [0.1, 0.15) is 17.4 Å². The Bertz CT molecular complexity index is 2190. The molecule has 0 unspecified atom stereocenters. The number of hydrogen-bond donors (Lipinski definition) is 2. The van der Waals surface area contributed by atoms with E-state index < -0.39 is 34.8 Å². The lowest BCUT2D eigenvalue weighted by molar-refractivity contribution is -0.163. The molecule has 2 N–H and O–H groups in total. The number of halogens is 3. The predicted octanol–water partition coefficient (Wildman–Crippen LogP) is 6.95. The number of fused-ring (bicyclic) bond motifs is 1. The zero-order chi connectivity index (χ0) is 37.2. The van der Waals surface area contributed by atoms with Gasteiger partial charge in [-0.05, 0) is 98.2 Å². The van der Waals surface area contributed by atoms with Gasteiger partial charge in [0.05, 0.1) is 16.8 Å². The van der Waals surface area contributed by atoms with Crippen LogP contribution in [0.2, 0.25) is 0 Å². The van der Waals surface area contributed by atoms with Crippen LogP contribution in [0.1, 0.15) is 61.0 Å². The van der Waals surface area contributed by atoms with E-state index >= 15 is 0 Å². The highest BCUT2D eigenvalue weighted by atomic mass is 19.4. The molecule has 14 heteroatoms. The summed E-state index contributed by atoms with van der Waals surface area (Å²) in [6.07, 6.45) is 8.55. The van der Waals surface area contributed by atoms with Crippen molar-refractivity contribution in [3.8, 4) is 22.7 Å². The number of amides is 1. The van der Waals surface area contributed by atoms with Crippen molar-refractivity contribution >= 4 is 28.7 Å². The Balaban J connectivity index is 1.04. The Hall–Kier alpha value is -5.53. The minimum absolute atomic E-state index is 0.0171. The molecule has 4 bridgehead atoms. The predicted molar refractivity (Wildman–Crippen MR) is 192 cm³/mol. The van der Waals surface area contributed by atoms with Gasteiger partial charge in [0.25, 0.3) is 5.91 Å². The van der Waals surface area contributed by atoms with Gasteiger partial charge >= 0.3 is 12.1 Å². The second-order valence-corrected chi connectivity index (χ2v) is 15.2. The van der Waals surface area contributed by atoms with E-state index in [2.05, 4.69) is 30.2 Å². The van der Waals surface area contributed by atoms with Crippen LogP contribution in [0.25, 0.3) is 27.8 Å². The smallest absolute Gasteiger partial charge is 0.434 e. The van der Waals surface area contributed by atoms with Gasteiger partial charge in [0.15, 0.2) is 5.69 Å². The quantitative estimate of drug-likeness (QED) is 0.173. The maximum absolute atomic E-state index is 14.8. The Labute approximate surface area is 308 Å². The van der Waals surface area contributed by atoms with Crippen molar-refractivity contribution in [3.63, 3.8) is 0 Å². The Morgan fingerprint density at radius 1 is 0.889 bits per heavy atom. The number of carbonyl (C=O) groups excluding carboxylic acids is 1. The van der Waals surface area contributed by atoms with Crippen molar-refractivity contribution in [2.45, 2.75) is 62.8 Å². The molecule has 4 saturated carbocycles. The normalized spacial score (nSPS) is 25.2. The van der Waals surface area contributed by atoms with E-state index in [1.165, 1.54) is 6.07 Å². The number of aromatic nitrogens is 5. The summed E-state index contributed by atoms with van der Waals surface area (Å²) in [5.41, 5.74) is -1.80. The number of hydrogen-bond acceptors (Lipinski definition) is 8. The second-order valence-electron chi connectivity index (χ2n) is 15.2. The van der Waals surface area contributed by atoms with Gasteiger partial charge in [-0.1, -0.05) is 0 Å². The van der Waals surface area contributed by atoms with Crippen LogP contribution >= 0.6 is 0 Å². The van der Waals surface area contributed by atoms with Gasteiger partial charge < -0.3 is 24.6 Å². The molecular formula is C40H38F3N7O4. The van der Waals surface area contributed by atoms with Gasteiger partial charge in [0.2, 0.25) is 5.95 Å². The zero-order valence-corrected chi connectivity index (χ0v) is 29.2. The fraction of sp³-hybridized carbons (Fsp3) is 0.400. The Morgan fingerprint density at radius 3 is 2.22 bits per heavy atom. The first kappa shape index (κ1) is 34.3. The molecular weight excluding hydrogens is 699 g/mol. The first-order valence-corrected chi connectivity index (χ1v) is 18.5. The van der Waals surface area contributed by atoms with Crippen LogP contribution < -0.4 is 15.0 Å². The SMILES string of the molecule is O=C(NC1(C(=O)O)C2CC3CC(C2)CC1C3)c1ccc(-c2cn(-c3ccncc3)c3cc(OC4CCN(c5ncccn5)CC4)ccc23)nc1C(F)(F)F. The van der Waals surface area contributed by atoms with Crippen LogP contribution in [0, 0.1) is 23.7 Å². The van der Waals surface area contributed by atoms with Crippen molar-refractivity contribution in [3.05, 3.63) is 90.8 Å². The molecule has 4 aromatic heterocycles. The highest BCUT2D eigenvalue weighted by Crippen LogP contribution is 2.58. The minimum Gasteiger partial charge on any atom is -0.490 e. The van der Waals surface area contributed by atoms with Crippen molar-refractivity contribution in [2.75, 3.05) is 18.0 Å². The van der Waals surface area contributed by atoms with Crippen LogP contribution in [0.5, 0.6) is 5.75 Å². The third kappa shape index (κ3) is 5.91. The minimum atomic E-state index is -4.99. The molecule has 11 nitrogen and oxygen atoms in total. The van der Waals surface area contributed by atoms with Gasteiger partial charge in [-0.25, -0.2) is 19.7 Å². The van der Waals surface area contributed by atoms with E-state index in [-0.39, 0.29) is 23.6 Å². The summed E-state index contributed by atoms with van der Waals surface area (Å²) in [6.45, 7) is 1.46. The summed E-state index contributed by atoms with van der Waals surface area (Å²) in [5, 5.41) is 13.8. The third-order valence-corrected chi connectivity index (χ3v) is 12.1. The van der Waals surface area contributed by atoms with Crippen LogP contribution in [0.3, 0.4) is 0 Å². The van der Waals surface area contributed by atoms with Gasteiger partial charge in [0, 0.05) is 79.6 Å². The monoisotopic (exact) mass is 737 g/mol. The van der Waals surface area contributed by atoms with E-state index in [4.69, 9.17) is 4.74 Å². The number of piperidine rings is 1. The maximum atomic E-state index is 14.8. The molecule has 1 aliphatic heterocycles. The van der Waals surface area contributed by atoms with Crippen molar-refractivity contribution in [1.82, 2.24) is 29.8 Å². The molecule has 5 fully saturated rings. The first-order valence-electron chi connectivity index (χ1n) is 18.5. The first-order chi connectivity index (χ1) is 26.1. The Kier molecular flexibility index (Phi) is 8.31. The number of ether oxygens (including phenoxy) is 1. The number of nitrogens with one attached hydrogen (secondary N) is 1. The van der Waals surface area contributed by atoms with Gasteiger partial charge in [-0.2, -0.15) is 13.2 Å². The third-order valence-electron chi connectivity index (χ3n) is 12.1. The van der Waals surface area contributed by atoms with Crippen molar-refractivity contribution in [2.24, 2.45) is 23.7 Å². The van der Waals surface area contributed by atoms with Gasteiger partial charge in [-0.3, -0.25) is 9.78 Å². The Morgan fingerprint density at radius 2 is 1.57 bits per heavy atom. The molecule has 0 spiro atoms. The molecule has 54 heavy (non-hydrogen) atoms. The van der Waals surface area contributed by atoms with E-state index in [1.807, 2.05) is 16.7 Å². The summed E-state index contributed by atoms with van der Waals surface area (Å²) < 4.78 is 52.7. The molecule has 10 rings (SSSR count). The van der Waals surface area contributed by atoms with E-state index in [0.29, 0.717) is 65.7 Å². The molecule has 1 saturated heterocycles. The van der Waals surface area contributed by atoms with E-state index in [1.54, 1.807) is 55.2 Å².